The van der Waals surface area contributed by atoms with Gasteiger partial charge in [0.2, 0.25) is 0 Å². The molecule has 1 saturated heterocycles. The summed E-state index contributed by atoms with van der Waals surface area (Å²) in [5.74, 6) is 1.67. The normalized spacial score (nSPS) is 18.6. The maximum Gasteiger partial charge on any atom is 0.274 e. The SMILES string of the molecule is CC(C)c1ncc(Cl)c(C(=O)N2CCC(NCC3CC3)CC2)n1.Cl. The molecule has 2 heterocycles. The highest BCUT2D eigenvalue weighted by atomic mass is 35.5. The third-order valence-corrected chi connectivity index (χ3v) is 4.93. The predicted molar refractivity (Wildman–Crippen MR) is 98.0 cm³/mol. The van der Waals surface area contributed by atoms with Gasteiger partial charge in [-0.25, -0.2) is 9.97 Å². The Labute approximate surface area is 155 Å². The third kappa shape index (κ3) is 4.80. The van der Waals surface area contributed by atoms with E-state index in [1.807, 2.05) is 18.7 Å². The fraction of sp³-hybridized carbons (Fsp3) is 0.706. The van der Waals surface area contributed by atoms with Gasteiger partial charge in [0.05, 0.1) is 11.2 Å². The minimum atomic E-state index is -0.0695. The molecule has 0 spiro atoms. The van der Waals surface area contributed by atoms with Crippen molar-refractivity contribution in [2.24, 2.45) is 5.92 Å². The minimum absolute atomic E-state index is 0. The van der Waals surface area contributed by atoms with Crippen LogP contribution in [0.25, 0.3) is 0 Å². The molecule has 1 aliphatic heterocycles. The highest BCUT2D eigenvalue weighted by molar-refractivity contribution is 6.33. The highest BCUT2D eigenvalue weighted by Gasteiger charge is 2.28. The van der Waals surface area contributed by atoms with E-state index in [-0.39, 0.29) is 24.2 Å². The molecule has 0 atom stereocenters. The van der Waals surface area contributed by atoms with Gasteiger partial charge in [-0.15, -0.1) is 12.4 Å². The largest absolute Gasteiger partial charge is 0.337 e. The van der Waals surface area contributed by atoms with Crippen molar-refractivity contribution in [2.75, 3.05) is 19.6 Å². The quantitative estimate of drug-likeness (QED) is 0.861. The average molecular weight is 373 g/mol. The lowest BCUT2D eigenvalue weighted by Crippen LogP contribution is -2.45. The number of nitrogens with zero attached hydrogens (tertiary/aromatic N) is 3. The van der Waals surface area contributed by atoms with Gasteiger partial charge in [-0.05, 0) is 38.1 Å². The van der Waals surface area contributed by atoms with Crippen LogP contribution >= 0.6 is 24.0 Å². The van der Waals surface area contributed by atoms with Gasteiger partial charge < -0.3 is 10.2 Å². The van der Waals surface area contributed by atoms with Crippen LogP contribution in [0, 0.1) is 5.92 Å². The lowest BCUT2D eigenvalue weighted by Gasteiger charge is -2.32. The first-order chi connectivity index (χ1) is 11.0. The molecule has 0 radical (unpaired) electrons. The maximum atomic E-state index is 12.7. The summed E-state index contributed by atoms with van der Waals surface area (Å²) in [4.78, 5) is 23.2. The maximum absolute atomic E-state index is 12.7. The number of rotatable bonds is 5. The lowest BCUT2D eigenvalue weighted by atomic mass is 10.0. The zero-order chi connectivity index (χ0) is 16.4. The van der Waals surface area contributed by atoms with Crippen molar-refractivity contribution < 1.29 is 4.79 Å². The molecule has 1 aliphatic carbocycles. The first-order valence-corrected chi connectivity index (χ1v) is 8.97. The fourth-order valence-electron chi connectivity index (χ4n) is 2.90. The number of carbonyl (C=O) groups is 1. The van der Waals surface area contributed by atoms with Crippen LogP contribution in [0.1, 0.15) is 61.8 Å². The van der Waals surface area contributed by atoms with Gasteiger partial charge in [-0.2, -0.15) is 0 Å². The predicted octanol–water partition coefficient (Wildman–Crippen LogP) is 3.28. The van der Waals surface area contributed by atoms with E-state index in [0.29, 0.717) is 22.6 Å². The smallest absolute Gasteiger partial charge is 0.274 e. The standard InChI is InChI=1S/C17H25ClN4O.ClH/c1-11(2)16-20-10-14(18)15(21-16)17(23)22-7-5-13(6-8-22)19-9-12-3-4-12;/h10-13,19H,3-9H2,1-2H3;1H. The Morgan fingerprint density at radius 1 is 1.33 bits per heavy atom. The fourth-order valence-corrected chi connectivity index (χ4v) is 3.07. The van der Waals surface area contributed by atoms with Crippen molar-refractivity contribution in [3.8, 4) is 0 Å². The summed E-state index contributed by atoms with van der Waals surface area (Å²) >= 11 is 6.15. The van der Waals surface area contributed by atoms with E-state index in [0.717, 1.165) is 38.4 Å². The summed E-state index contributed by atoms with van der Waals surface area (Å²) in [6.07, 6.45) is 6.28. The van der Waals surface area contributed by atoms with E-state index in [1.165, 1.54) is 12.8 Å². The Bertz CT molecular complexity index is 570. The average Bonchev–Trinajstić information content (AvgIpc) is 3.37. The van der Waals surface area contributed by atoms with E-state index in [2.05, 4.69) is 15.3 Å². The molecule has 7 heteroatoms. The van der Waals surface area contributed by atoms with Gasteiger partial charge in [0, 0.05) is 25.0 Å². The molecule has 1 amide bonds. The molecule has 1 aromatic rings. The van der Waals surface area contributed by atoms with Crippen LogP contribution in [0.4, 0.5) is 0 Å². The van der Waals surface area contributed by atoms with Crippen molar-refractivity contribution in [2.45, 2.75) is 51.5 Å². The molecule has 1 N–H and O–H groups in total. The minimum Gasteiger partial charge on any atom is -0.337 e. The molecule has 134 valence electrons. The number of likely N-dealkylation sites (tertiary alicyclic amines) is 1. The van der Waals surface area contributed by atoms with Crippen molar-refractivity contribution in [3.63, 3.8) is 0 Å². The van der Waals surface area contributed by atoms with Crippen molar-refractivity contribution >= 4 is 29.9 Å². The number of nitrogens with one attached hydrogen (secondary N) is 1. The molecule has 5 nitrogen and oxygen atoms in total. The second kappa shape index (κ2) is 8.45. The second-order valence-electron chi connectivity index (χ2n) is 7.00. The van der Waals surface area contributed by atoms with Crippen LogP contribution in [0.2, 0.25) is 5.02 Å². The van der Waals surface area contributed by atoms with E-state index in [4.69, 9.17) is 11.6 Å². The first kappa shape index (κ1) is 19.4. The zero-order valence-electron chi connectivity index (χ0n) is 14.3. The van der Waals surface area contributed by atoms with E-state index in [1.54, 1.807) is 6.20 Å². The molecule has 0 bridgehead atoms. The molecule has 0 unspecified atom stereocenters. The number of amides is 1. The second-order valence-corrected chi connectivity index (χ2v) is 7.40. The Hall–Kier alpha value is -0.910. The number of hydrogen-bond donors (Lipinski definition) is 1. The Kier molecular flexibility index (Phi) is 6.84. The van der Waals surface area contributed by atoms with Gasteiger partial charge >= 0.3 is 0 Å². The van der Waals surface area contributed by atoms with Crippen molar-refractivity contribution in [1.29, 1.82) is 0 Å². The summed E-state index contributed by atoms with van der Waals surface area (Å²) in [5, 5.41) is 3.97. The van der Waals surface area contributed by atoms with E-state index in [9.17, 15) is 4.79 Å². The van der Waals surface area contributed by atoms with Crippen LogP contribution in [-0.4, -0.2) is 46.5 Å². The molecule has 24 heavy (non-hydrogen) atoms. The van der Waals surface area contributed by atoms with Gasteiger partial charge in [0.1, 0.15) is 5.82 Å². The molecule has 2 fully saturated rings. The zero-order valence-corrected chi connectivity index (χ0v) is 15.9. The van der Waals surface area contributed by atoms with E-state index >= 15 is 0 Å². The number of piperidine rings is 1. The summed E-state index contributed by atoms with van der Waals surface area (Å²) in [5.41, 5.74) is 0.342. The number of halogens is 2. The summed E-state index contributed by atoms with van der Waals surface area (Å²) in [6.45, 7) is 6.67. The molecule has 2 aliphatic rings. The monoisotopic (exact) mass is 372 g/mol. The van der Waals surface area contributed by atoms with Crippen LogP contribution in [-0.2, 0) is 0 Å². The van der Waals surface area contributed by atoms with Crippen LogP contribution < -0.4 is 5.32 Å². The first-order valence-electron chi connectivity index (χ1n) is 8.59. The number of hydrogen-bond acceptors (Lipinski definition) is 4. The Balaban J connectivity index is 0.00000208. The Morgan fingerprint density at radius 3 is 2.58 bits per heavy atom. The molecular formula is C17H26Cl2N4O. The molecule has 3 rings (SSSR count). The van der Waals surface area contributed by atoms with E-state index < -0.39 is 0 Å². The Morgan fingerprint density at radius 2 is 2.00 bits per heavy atom. The molecule has 1 aromatic heterocycles. The molecule has 1 saturated carbocycles. The summed E-state index contributed by atoms with van der Waals surface area (Å²) < 4.78 is 0. The molecular weight excluding hydrogens is 347 g/mol. The van der Waals surface area contributed by atoms with Gasteiger partial charge in [-0.1, -0.05) is 25.4 Å². The van der Waals surface area contributed by atoms with Crippen molar-refractivity contribution in [3.05, 3.63) is 22.7 Å². The highest BCUT2D eigenvalue weighted by Crippen LogP contribution is 2.28. The number of aromatic nitrogens is 2. The third-order valence-electron chi connectivity index (χ3n) is 4.66. The van der Waals surface area contributed by atoms with Gasteiger partial charge in [-0.3, -0.25) is 4.79 Å². The van der Waals surface area contributed by atoms with Gasteiger partial charge in [0.15, 0.2) is 5.69 Å². The number of carbonyl (C=O) groups excluding carboxylic acids is 1. The summed E-state index contributed by atoms with van der Waals surface area (Å²) in [7, 11) is 0. The molecule has 0 aromatic carbocycles. The lowest BCUT2D eigenvalue weighted by molar-refractivity contribution is 0.0698. The van der Waals surface area contributed by atoms with Crippen molar-refractivity contribution in [1.82, 2.24) is 20.2 Å². The van der Waals surface area contributed by atoms with Crippen LogP contribution in [0.5, 0.6) is 0 Å². The topological polar surface area (TPSA) is 58.1 Å². The summed E-state index contributed by atoms with van der Waals surface area (Å²) in [6, 6.07) is 0.534. The van der Waals surface area contributed by atoms with Crippen LogP contribution in [0.3, 0.4) is 0 Å². The van der Waals surface area contributed by atoms with Gasteiger partial charge in [0.25, 0.3) is 5.91 Å². The van der Waals surface area contributed by atoms with Crippen LogP contribution in [0.15, 0.2) is 6.20 Å².